The first-order valence-electron chi connectivity index (χ1n) is 5.25. The summed E-state index contributed by atoms with van der Waals surface area (Å²) in [6, 6.07) is 12.3. The molecule has 1 unspecified atom stereocenters. The quantitative estimate of drug-likeness (QED) is 0.751. The zero-order valence-corrected chi connectivity index (χ0v) is 9.67. The molecule has 1 heterocycles. The summed E-state index contributed by atoms with van der Waals surface area (Å²) in [4.78, 5) is 12.7. The van der Waals surface area contributed by atoms with Gasteiger partial charge in [-0.3, -0.25) is 4.79 Å². The number of rotatable bonds is 0. The largest absolute Gasteiger partial charge is 0.324 e. The van der Waals surface area contributed by atoms with E-state index in [2.05, 4.69) is 17.4 Å². The van der Waals surface area contributed by atoms with E-state index in [1.165, 1.54) is 15.7 Å². The molecule has 0 fully saturated rings. The number of carbonyl (C=O) groups excluding carboxylic acids is 1. The molecule has 16 heavy (non-hydrogen) atoms. The highest BCUT2D eigenvalue weighted by atomic mass is 32.2. The van der Waals surface area contributed by atoms with Crippen molar-refractivity contribution in [1.29, 1.82) is 0 Å². The van der Waals surface area contributed by atoms with E-state index in [9.17, 15) is 4.79 Å². The number of benzene rings is 2. The number of carbonyl (C=O) groups is 1. The molecule has 1 N–H and O–H groups in total. The normalized spacial score (nSPS) is 19.3. The van der Waals surface area contributed by atoms with Crippen molar-refractivity contribution in [3.05, 3.63) is 36.4 Å². The van der Waals surface area contributed by atoms with Gasteiger partial charge in [0.15, 0.2) is 0 Å². The molecule has 3 heteroatoms. The summed E-state index contributed by atoms with van der Waals surface area (Å²) in [5.41, 5.74) is 0.937. The lowest BCUT2D eigenvalue weighted by molar-refractivity contribution is -0.115. The van der Waals surface area contributed by atoms with E-state index in [1.807, 2.05) is 31.2 Å². The molecule has 2 aromatic carbocycles. The molecule has 1 aliphatic rings. The molecule has 0 aromatic heterocycles. The monoisotopic (exact) mass is 229 g/mol. The standard InChI is InChI=1S/C13H11NOS/c1-8-13(15)14-11-7-6-9-4-2-3-5-10(9)12(11)16-8/h2-8H,1H3,(H,14,15). The second-order valence-electron chi connectivity index (χ2n) is 3.91. The van der Waals surface area contributed by atoms with Crippen LogP contribution in [0.1, 0.15) is 6.92 Å². The van der Waals surface area contributed by atoms with Crippen molar-refractivity contribution in [1.82, 2.24) is 0 Å². The van der Waals surface area contributed by atoms with Crippen LogP contribution >= 0.6 is 11.8 Å². The summed E-state index contributed by atoms with van der Waals surface area (Å²) < 4.78 is 0. The van der Waals surface area contributed by atoms with Gasteiger partial charge in [-0.2, -0.15) is 0 Å². The molecule has 3 rings (SSSR count). The average molecular weight is 229 g/mol. The second kappa shape index (κ2) is 3.52. The van der Waals surface area contributed by atoms with Gasteiger partial charge in [0, 0.05) is 4.90 Å². The number of amides is 1. The third kappa shape index (κ3) is 1.39. The molecule has 0 radical (unpaired) electrons. The van der Waals surface area contributed by atoms with E-state index in [4.69, 9.17) is 0 Å². The summed E-state index contributed by atoms with van der Waals surface area (Å²) in [7, 11) is 0. The molecule has 1 aliphatic heterocycles. The maximum Gasteiger partial charge on any atom is 0.237 e. The Kier molecular flexibility index (Phi) is 2.14. The van der Waals surface area contributed by atoms with Crippen molar-refractivity contribution < 1.29 is 4.79 Å². The SMILES string of the molecule is CC1Sc2c(ccc3ccccc23)NC1=O. The van der Waals surface area contributed by atoms with Gasteiger partial charge < -0.3 is 5.32 Å². The lowest BCUT2D eigenvalue weighted by Crippen LogP contribution is -2.26. The minimum atomic E-state index is -0.0155. The van der Waals surface area contributed by atoms with Crippen LogP contribution in [0.2, 0.25) is 0 Å². The first-order chi connectivity index (χ1) is 7.75. The summed E-state index contributed by atoms with van der Waals surface area (Å²) in [5.74, 6) is 0.0905. The Morgan fingerprint density at radius 1 is 1.19 bits per heavy atom. The maximum atomic E-state index is 11.6. The van der Waals surface area contributed by atoms with E-state index in [-0.39, 0.29) is 11.2 Å². The van der Waals surface area contributed by atoms with Crippen LogP contribution in [-0.4, -0.2) is 11.2 Å². The number of thioether (sulfide) groups is 1. The first-order valence-corrected chi connectivity index (χ1v) is 6.13. The van der Waals surface area contributed by atoms with Gasteiger partial charge in [-0.15, -0.1) is 11.8 Å². The van der Waals surface area contributed by atoms with Crippen molar-refractivity contribution in [3.63, 3.8) is 0 Å². The van der Waals surface area contributed by atoms with Gasteiger partial charge in [0.05, 0.1) is 10.9 Å². The Morgan fingerprint density at radius 2 is 2.00 bits per heavy atom. The molecule has 2 nitrogen and oxygen atoms in total. The minimum Gasteiger partial charge on any atom is -0.324 e. The van der Waals surface area contributed by atoms with E-state index in [0.717, 1.165) is 5.69 Å². The summed E-state index contributed by atoms with van der Waals surface area (Å²) in [6.45, 7) is 1.94. The zero-order valence-electron chi connectivity index (χ0n) is 8.86. The Labute approximate surface area is 98.0 Å². The molecule has 0 bridgehead atoms. The van der Waals surface area contributed by atoms with Gasteiger partial charge in [0.2, 0.25) is 5.91 Å². The van der Waals surface area contributed by atoms with Crippen LogP contribution in [0.3, 0.4) is 0 Å². The van der Waals surface area contributed by atoms with Crippen LogP contribution in [0, 0.1) is 0 Å². The number of fused-ring (bicyclic) bond motifs is 3. The van der Waals surface area contributed by atoms with E-state index in [1.54, 1.807) is 11.8 Å². The van der Waals surface area contributed by atoms with Gasteiger partial charge in [-0.1, -0.05) is 30.3 Å². The van der Waals surface area contributed by atoms with Crippen LogP contribution in [0.5, 0.6) is 0 Å². The van der Waals surface area contributed by atoms with Crippen LogP contribution in [-0.2, 0) is 4.79 Å². The Balaban J connectivity index is 2.27. The second-order valence-corrected chi connectivity index (χ2v) is 5.26. The van der Waals surface area contributed by atoms with Crippen molar-refractivity contribution in [3.8, 4) is 0 Å². The summed E-state index contributed by atoms with van der Waals surface area (Å²) >= 11 is 1.64. The summed E-state index contributed by atoms with van der Waals surface area (Å²) in [6.07, 6.45) is 0. The molecule has 0 spiro atoms. The van der Waals surface area contributed by atoms with Crippen molar-refractivity contribution >= 4 is 34.1 Å². The van der Waals surface area contributed by atoms with Gasteiger partial charge in [-0.05, 0) is 23.8 Å². The lowest BCUT2D eigenvalue weighted by atomic mass is 10.1. The molecule has 0 saturated heterocycles. The molecule has 0 aliphatic carbocycles. The van der Waals surface area contributed by atoms with Crippen LogP contribution < -0.4 is 5.32 Å². The van der Waals surface area contributed by atoms with Crippen molar-refractivity contribution in [2.24, 2.45) is 0 Å². The molecule has 2 aromatic rings. The third-order valence-corrected chi connectivity index (χ3v) is 4.04. The lowest BCUT2D eigenvalue weighted by Gasteiger charge is -2.22. The third-order valence-electron chi connectivity index (χ3n) is 2.80. The Hall–Kier alpha value is -1.48. The predicted octanol–water partition coefficient (Wildman–Crippen LogP) is 3.27. The van der Waals surface area contributed by atoms with Crippen LogP contribution in [0.4, 0.5) is 5.69 Å². The molecular formula is C13H11NOS. The fourth-order valence-electron chi connectivity index (χ4n) is 1.93. The highest BCUT2D eigenvalue weighted by Gasteiger charge is 2.24. The fourth-order valence-corrected chi connectivity index (χ4v) is 3.01. The predicted molar refractivity (Wildman–Crippen MR) is 67.9 cm³/mol. The van der Waals surface area contributed by atoms with E-state index < -0.39 is 0 Å². The first kappa shape index (κ1) is 9.73. The summed E-state index contributed by atoms with van der Waals surface area (Å²) in [5, 5.41) is 5.37. The Bertz CT molecular complexity index is 579. The van der Waals surface area contributed by atoms with E-state index >= 15 is 0 Å². The molecule has 80 valence electrons. The van der Waals surface area contributed by atoms with Crippen molar-refractivity contribution in [2.45, 2.75) is 17.1 Å². The Morgan fingerprint density at radius 3 is 2.88 bits per heavy atom. The highest BCUT2D eigenvalue weighted by Crippen LogP contribution is 2.40. The van der Waals surface area contributed by atoms with Crippen LogP contribution in [0.15, 0.2) is 41.3 Å². The van der Waals surface area contributed by atoms with Gasteiger partial charge in [0.1, 0.15) is 0 Å². The topological polar surface area (TPSA) is 29.1 Å². The highest BCUT2D eigenvalue weighted by molar-refractivity contribution is 8.01. The van der Waals surface area contributed by atoms with E-state index in [0.29, 0.717) is 0 Å². The van der Waals surface area contributed by atoms with Crippen molar-refractivity contribution in [2.75, 3.05) is 5.32 Å². The van der Waals surface area contributed by atoms with Crippen LogP contribution in [0.25, 0.3) is 10.8 Å². The molecule has 1 atom stereocenters. The molecule has 1 amide bonds. The number of hydrogen-bond donors (Lipinski definition) is 1. The molecular weight excluding hydrogens is 218 g/mol. The van der Waals surface area contributed by atoms with Gasteiger partial charge in [-0.25, -0.2) is 0 Å². The number of nitrogens with one attached hydrogen (secondary N) is 1. The maximum absolute atomic E-state index is 11.6. The fraction of sp³-hybridized carbons (Fsp3) is 0.154. The smallest absolute Gasteiger partial charge is 0.237 e. The number of hydrogen-bond acceptors (Lipinski definition) is 2. The number of anilines is 1. The minimum absolute atomic E-state index is 0.0155. The zero-order chi connectivity index (χ0) is 11.1. The van der Waals surface area contributed by atoms with Gasteiger partial charge >= 0.3 is 0 Å². The molecule has 0 saturated carbocycles. The van der Waals surface area contributed by atoms with Gasteiger partial charge in [0.25, 0.3) is 0 Å². The average Bonchev–Trinajstić information content (AvgIpc) is 2.31.